The monoisotopic (exact) mass is 304 g/mol. The summed E-state index contributed by atoms with van der Waals surface area (Å²) < 4.78 is 0. The lowest BCUT2D eigenvalue weighted by Gasteiger charge is -2.23. The molecule has 1 aliphatic rings. The van der Waals surface area contributed by atoms with Gasteiger partial charge in [-0.15, -0.1) is 0 Å². The van der Waals surface area contributed by atoms with Gasteiger partial charge in [-0.1, -0.05) is 66.2 Å². The molecule has 0 N–H and O–H groups in total. The van der Waals surface area contributed by atoms with Crippen LogP contribution in [0.3, 0.4) is 0 Å². The second-order valence-corrected chi connectivity index (χ2v) is 6.24. The van der Waals surface area contributed by atoms with Crippen LogP contribution in [0.5, 0.6) is 0 Å². The van der Waals surface area contributed by atoms with Gasteiger partial charge in [-0.05, 0) is 30.4 Å². The van der Waals surface area contributed by atoms with Crippen LogP contribution in [0, 0.1) is 0 Å². The number of carbonyl (C=O) groups excluding carboxylic acids is 1. The highest BCUT2D eigenvalue weighted by Crippen LogP contribution is 2.36. The zero-order valence-corrected chi connectivity index (χ0v) is 12.2. The Kier molecular flexibility index (Phi) is 4.94. The van der Waals surface area contributed by atoms with Gasteiger partial charge >= 0.3 is 0 Å². The minimum absolute atomic E-state index is 0.296. The molecule has 1 aromatic carbocycles. The number of benzene rings is 1. The van der Waals surface area contributed by atoms with E-state index in [9.17, 15) is 4.79 Å². The molecule has 0 bridgehead atoms. The molecule has 1 fully saturated rings. The zero-order valence-electron chi connectivity index (χ0n) is 9.96. The number of Topliss-reactive ketones (excluding diaryl/α,β-unsaturated/α-hetero) is 1. The molecule has 0 aromatic heterocycles. The van der Waals surface area contributed by atoms with Crippen molar-refractivity contribution in [3.63, 3.8) is 0 Å². The van der Waals surface area contributed by atoms with Gasteiger partial charge in [-0.25, -0.2) is 0 Å². The van der Waals surface area contributed by atoms with Gasteiger partial charge in [-0.2, -0.15) is 0 Å². The maximum absolute atomic E-state index is 11.7. The molecule has 0 saturated heterocycles. The molecule has 0 heterocycles. The average Bonchev–Trinajstić information content (AvgIpc) is 2.38. The van der Waals surface area contributed by atoms with Crippen molar-refractivity contribution < 1.29 is 4.79 Å². The molecule has 98 valence electrons. The van der Waals surface area contributed by atoms with Gasteiger partial charge in [0.2, 0.25) is 0 Å². The third-order valence-electron chi connectivity index (χ3n) is 3.53. The van der Waals surface area contributed by atoms with Crippen LogP contribution in [-0.2, 0) is 0 Å². The lowest BCUT2D eigenvalue weighted by atomic mass is 9.84. The maximum Gasteiger partial charge on any atom is 0.195 e. The Morgan fingerprint density at radius 2 is 1.83 bits per heavy atom. The Hall–Kier alpha value is -0.240. The summed E-state index contributed by atoms with van der Waals surface area (Å²) >= 11 is 17.4. The fourth-order valence-electron chi connectivity index (χ4n) is 2.55. The molecule has 1 aromatic rings. The maximum atomic E-state index is 11.7. The molecular weight excluding hydrogens is 291 g/mol. The summed E-state index contributed by atoms with van der Waals surface area (Å²) in [6.07, 6.45) is 6.19. The number of carbonyl (C=O) groups is 1. The van der Waals surface area contributed by atoms with Crippen molar-refractivity contribution in [1.82, 2.24) is 0 Å². The second-order valence-electron chi connectivity index (χ2n) is 4.74. The van der Waals surface area contributed by atoms with Crippen molar-refractivity contribution in [2.75, 3.05) is 0 Å². The predicted molar refractivity (Wildman–Crippen MR) is 77.1 cm³/mol. The molecule has 0 unspecified atom stereocenters. The summed E-state index contributed by atoms with van der Waals surface area (Å²) in [6, 6.07) is 5.41. The van der Waals surface area contributed by atoms with Crippen LogP contribution in [0.2, 0.25) is 5.02 Å². The standard InChI is InChI=1S/C14H15Cl3O/c15-12-8-10(13(18)14(16)17)6-7-11(12)9-4-2-1-3-5-9/h6-9,14H,1-5H2. The number of hydrogen-bond donors (Lipinski definition) is 0. The Labute approximate surface area is 122 Å². The lowest BCUT2D eigenvalue weighted by Crippen LogP contribution is -2.10. The van der Waals surface area contributed by atoms with Gasteiger partial charge < -0.3 is 0 Å². The van der Waals surface area contributed by atoms with Crippen LogP contribution in [0.25, 0.3) is 0 Å². The molecule has 1 nitrogen and oxygen atoms in total. The molecule has 4 heteroatoms. The smallest absolute Gasteiger partial charge is 0.195 e. The van der Waals surface area contributed by atoms with E-state index < -0.39 is 4.84 Å². The first-order chi connectivity index (χ1) is 8.59. The molecule has 0 radical (unpaired) electrons. The van der Waals surface area contributed by atoms with E-state index >= 15 is 0 Å². The Morgan fingerprint density at radius 1 is 1.17 bits per heavy atom. The summed E-state index contributed by atoms with van der Waals surface area (Å²) in [4.78, 5) is 10.6. The third kappa shape index (κ3) is 3.20. The largest absolute Gasteiger partial charge is 0.291 e. The summed E-state index contributed by atoms with van der Waals surface area (Å²) in [6.45, 7) is 0. The topological polar surface area (TPSA) is 17.1 Å². The molecule has 1 aliphatic carbocycles. The molecule has 0 spiro atoms. The first-order valence-corrected chi connectivity index (χ1v) is 7.46. The fourth-order valence-corrected chi connectivity index (χ4v) is 3.14. The highest BCUT2D eigenvalue weighted by Gasteiger charge is 2.20. The number of hydrogen-bond acceptors (Lipinski definition) is 1. The van der Waals surface area contributed by atoms with Crippen molar-refractivity contribution in [2.24, 2.45) is 0 Å². The van der Waals surface area contributed by atoms with E-state index in [1.807, 2.05) is 6.07 Å². The number of alkyl halides is 2. The van der Waals surface area contributed by atoms with Gasteiger partial charge in [0.05, 0.1) is 0 Å². The van der Waals surface area contributed by atoms with Gasteiger partial charge in [0.15, 0.2) is 10.6 Å². The molecular formula is C14H15Cl3O. The highest BCUT2D eigenvalue weighted by molar-refractivity contribution is 6.55. The first kappa shape index (κ1) is 14.2. The van der Waals surface area contributed by atoms with Crippen LogP contribution in [0.1, 0.15) is 53.9 Å². The van der Waals surface area contributed by atoms with Crippen molar-refractivity contribution in [3.8, 4) is 0 Å². The number of ketones is 1. The molecule has 18 heavy (non-hydrogen) atoms. The molecule has 0 amide bonds. The summed E-state index contributed by atoms with van der Waals surface area (Å²) in [7, 11) is 0. The molecule has 2 rings (SSSR count). The second kappa shape index (κ2) is 6.27. The van der Waals surface area contributed by atoms with E-state index in [4.69, 9.17) is 34.8 Å². The minimum atomic E-state index is -1.03. The van der Waals surface area contributed by atoms with Crippen molar-refractivity contribution in [1.29, 1.82) is 0 Å². The normalized spacial score (nSPS) is 17.1. The highest BCUT2D eigenvalue weighted by atomic mass is 35.5. The van der Waals surface area contributed by atoms with E-state index in [1.54, 1.807) is 12.1 Å². The van der Waals surface area contributed by atoms with Crippen LogP contribution < -0.4 is 0 Å². The third-order valence-corrected chi connectivity index (χ3v) is 4.25. The van der Waals surface area contributed by atoms with Crippen molar-refractivity contribution in [3.05, 3.63) is 34.3 Å². The molecule has 1 saturated carbocycles. The number of rotatable bonds is 3. The summed E-state index contributed by atoms with van der Waals surface area (Å²) in [5.41, 5.74) is 1.63. The van der Waals surface area contributed by atoms with Crippen LogP contribution >= 0.6 is 34.8 Å². The fraction of sp³-hybridized carbons (Fsp3) is 0.500. The summed E-state index contributed by atoms with van der Waals surface area (Å²) in [5, 5.41) is 0.654. The molecule has 0 atom stereocenters. The van der Waals surface area contributed by atoms with Gasteiger partial charge in [0.25, 0.3) is 0 Å². The Bertz CT molecular complexity index is 437. The Morgan fingerprint density at radius 3 is 2.39 bits per heavy atom. The van der Waals surface area contributed by atoms with E-state index in [1.165, 1.54) is 32.1 Å². The average molecular weight is 306 g/mol. The van der Waals surface area contributed by atoms with E-state index in [0.29, 0.717) is 16.5 Å². The minimum Gasteiger partial charge on any atom is -0.291 e. The number of halogens is 3. The van der Waals surface area contributed by atoms with E-state index in [2.05, 4.69) is 0 Å². The predicted octanol–water partition coefficient (Wildman–Crippen LogP) is 5.37. The van der Waals surface area contributed by atoms with Gasteiger partial charge in [0.1, 0.15) is 0 Å². The first-order valence-electron chi connectivity index (χ1n) is 6.21. The Balaban J connectivity index is 2.21. The summed E-state index contributed by atoms with van der Waals surface area (Å²) in [5.74, 6) is 0.230. The molecule has 0 aliphatic heterocycles. The van der Waals surface area contributed by atoms with Gasteiger partial charge in [0, 0.05) is 10.6 Å². The van der Waals surface area contributed by atoms with Crippen LogP contribution in [-0.4, -0.2) is 10.6 Å². The van der Waals surface area contributed by atoms with E-state index in [0.717, 1.165) is 5.56 Å². The van der Waals surface area contributed by atoms with Crippen LogP contribution in [0.15, 0.2) is 18.2 Å². The van der Waals surface area contributed by atoms with Gasteiger partial charge in [-0.3, -0.25) is 4.79 Å². The SMILES string of the molecule is O=C(c1ccc(C2CCCCC2)c(Cl)c1)C(Cl)Cl. The van der Waals surface area contributed by atoms with Crippen molar-refractivity contribution in [2.45, 2.75) is 42.9 Å². The van der Waals surface area contributed by atoms with Crippen molar-refractivity contribution >= 4 is 40.6 Å². The zero-order chi connectivity index (χ0) is 13.1. The lowest BCUT2D eigenvalue weighted by molar-refractivity contribution is 0.101. The quantitative estimate of drug-likeness (QED) is 0.541. The van der Waals surface area contributed by atoms with Crippen LogP contribution in [0.4, 0.5) is 0 Å². The van der Waals surface area contributed by atoms with E-state index in [-0.39, 0.29) is 5.78 Å².